The van der Waals surface area contributed by atoms with E-state index in [-0.39, 0.29) is 30.1 Å². The van der Waals surface area contributed by atoms with Gasteiger partial charge in [-0.2, -0.15) is 0 Å². The van der Waals surface area contributed by atoms with E-state index >= 15 is 0 Å². The molecule has 0 aromatic carbocycles. The molecule has 2 atom stereocenters. The maximum Gasteiger partial charge on any atom is 0.330 e. The zero-order valence-corrected chi connectivity index (χ0v) is 44.1. The molecule has 9 nitrogen and oxygen atoms in total. The predicted octanol–water partition coefficient (Wildman–Crippen LogP) is 15.5. The van der Waals surface area contributed by atoms with Gasteiger partial charge in [-0.1, -0.05) is 188 Å². The smallest absolute Gasteiger partial charge is 0.330 e. The molecule has 0 spiro atoms. The Bertz CT molecular complexity index is 1190. The summed E-state index contributed by atoms with van der Waals surface area (Å²) in [6, 6.07) is -0.443. The summed E-state index contributed by atoms with van der Waals surface area (Å²) >= 11 is 0. The Labute approximate surface area is 406 Å². The molecule has 0 bridgehead atoms. The molecule has 0 aliphatic carbocycles. The van der Waals surface area contributed by atoms with Crippen molar-refractivity contribution in [2.24, 2.45) is 11.3 Å². The molecular weight excluding hydrogens is 827 g/mol. The molecular formula is C57H105NO8. The van der Waals surface area contributed by atoms with Crippen LogP contribution >= 0.6 is 0 Å². The molecule has 0 aromatic rings. The first-order valence-electron chi connectivity index (χ1n) is 28.1. The van der Waals surface area contributed by atoms with Gasteiger partial charge in [0.15, 0.2) is 0 Å². The van der Waals surface area contributed by atoms with Gasteiger partial charge in [-0.25, -0.2) is 4.79 Å². The van der Waals surface area contributed by atoms with Crippen molar-refractivity contribution in [1.82, 2.24) is 4.90 Å². The third-order valence-corrected chi connectivity index (χ3v) is 13.9. The van der Waals surface area contributed by atoms with Crippen LogP contribution in [-0.2, 0) is 38.1 Å². The fourth-order valence-electron chi connectivity index (χ4n) is 9.50. The maximum atomic E-state index is 13.3. The van der Waals surface area contributed by atoms with Crippen LogP contribution in [0.3, 0.4) is 0 Å². The van der Waals surface area contributed by atoms with E-state index < -0.39 is 17.4 Å². The van der Waals surface area contributed by atoms with Gasteiger partial charge in [0, 0.05) is 25.5 Å². The third-order valence-electron chi connectivity index (χ3n) is 13.9. The summed E-state index contributed by atoms with van der Waals surface area (Å²) in [6.45, 7) is 18.6. The van der Waals surface area contributed by atoms with Gasteiger partial charge < -0.3 is 18.9 Å². The molecule has 0 amide bonds. The second kappa shape index (κ2) is 41.5. The zero-order chi connectivity index (χ0) is 48.5. The number of nitrogens with zero attached hydrogens (tertiary/aromatic N) is 1. The van der Waals surface area contributed by atoms with E-state index in [1.807, 2.05) is 13.8 Å². The minimum absolute atomic E-state index is 0.0509. The van der Waals surface area contributed by atoms with Gasteiger partial charge in [0.05, 0.1) is 18.6 Å². The molecule has 9 heteroatoms. The highest BCUT2D eigenvalue weighted by Crippen LogP contribution is 2.28. The van der Waals surface area contributed by atoms with E-state index in [9.17, 15) is 19.2 Å². The highest BCUT2D eigenvalue weighted by molar-refractivity contribution is 5.81. The number of unbranched alkanes of at least 4 members (excludes halogenated alkanes) is 21. The second-order valence-electron chi connectivity index (χ2n) is 20.6. The molecule has 0 saturated carbocycles. The number of carbonyl (C=O) groups excluding carboxylic acids is 4. The Morgan fingerprint density at radius 3 is 1.68 bits per heavy atom. The lowest BCUT2D eigenvalue weighted by atomic mass is 9.87. The summed E-state index contributed by atoms with van der Waals surface area (Å²) in [5.41, 5.74) is -0.509. The highest BCUT2D eigenvalue weighted by atomic mass is 16.6. The van der Waals surface area contributed by atoms with E-state index in [0.717, 1.165) is 109 Å². The largest absolute Gasteiger partial charge is 0.465 e. The van der Waals surface area contributed by atoms with Crippen molar-refractivity contribution in [3.8, 4) is 0 Å². The molecule has 1 heterocycles. The molecule has 1 saturated heterocycles. The number of rotatable bonds is 46. The van der Waals surface area contributed by atoms with Gasteiger partial charge in [-0.3, -0.25) is 19.3 Å². The van der Waals surface area contributed by atoms with Crippen molar-refractivity contribution in [1.29, 1.82) is 0 Å². The average molecular weight is 932 g/mol. The summed E-state index contributed by atoms with van der Waals surface area (Å²) in [5.74, 6) is -0.120. The van der Waals surface area contributed by atoms with E-state index in [2.05, 4.69) is 39.2 Å². The van der Waals surface area contributed by atoms with Gasteiger partial charge in [-0.05, 0) is 90.5 Å². The number of hydrogen-bond acceptors (Lipinski definition) is 9. The summed E-state index contributed by atoms with van der Waals surface area (Å²) in [5, 5.41) is 0. The van der Waals surface area contributed by atoms with E-state index in [0.29, 0.717) is 39.1 Å². The summed E-state index contributed by atoms with van der Waals surface area (Å²) < 4.78 is 23.2. The first kappa shape index (κ1) is 61.6. The monoisotopic (exact) mass is 932 g/mol. The molecule has 1 aliphatic rings. The van der Waals surface area contributed by atoms with Gasteiger partial charge in [-0.15, -0.1) is 0 Å². The maximum absolute atomic E-state index is 13.3. The van der Waals surface area contributed by atoms with Crippen molar-refractivity contribution in [3.63, 3.8) is 0 Å². The Kier molecular flexibility index (Phi) is 38.8. The minimum Gasteiger partial charge on any atom is -0.465 e. The summed E-state index contributed by atoms with van der Waals surface area (Å²) in [6.07, 6.45) is 40.2. The van der Waals surface area contributed by atoms with Crippen LogP contribution in [0.4, 0.5) is 0 Å². The lowest BCUT2D eigenvalue weighted by Gasteiger charge is -2.24. The predicted molar refractivity (Wildman–Crippen MR) is 273 cm³/mol. The molecule has 386 valence electrons. The molecule has 66 heavy (non-hydrogen) atoms. The van der Waals surface area contributed by atoms with Crippen LogP contribution in [0.25, 0.3) is 0 Å². The minimum atomic E-state index is -0.509. The Morgan fingerprint density at radius 1 is 0.591 bits per heavy atom. The van der Waals surface area contributed by atoms with Crippen LogP contribution in [0, 0.1) is 11.3 Å². The lowest BCUT2D eigenvalue weighted by Crippen LogP contribution is -2.38. The van der Waals surface area contributed by atoms with Crippen LogP contribution in [0.5, 0.6) is 0 Å². The molecule has 0 N–H and O–H groups in total. The zero-order valence-electron chi connectivity index (χ0n) is 44.1. The van der Waals surface area contributed by atoms with Gasteiger partial charge in [0.2, 0.25) is 0 Å². The fourth-order valence-corrected chi connectivity index (χ4v) is 9.50. The Balaban J connectivity index is 2.40. The highest BCUT2D eigenvalue weighted by Gasteiger charge is 2.39. The quantitative estimate of drug-likeness (QED) is 0.0255. The lowest BCUT2D eigenvalue weighted by molar-refractivity contribution is -0.154. The van der Waals surface area contributed by atoms with Gasteiger partial charge >= 0.3 is 23.9 Å². The SMILES string of the molecule is C=CC(=O)O[C@H]1C[C@@H](C(=O)OCCCCCCCC(=O)OC(CCCCCCCC)CCCCCCCC)N(CCCCCCC(C)(C)C(=O)OCCCC(CCCCC)CCCCC)C1. The Hall–Kier alpha value is -2.42. The molecule has 0 aromatic heterocycles. The van der Waals surface area contributed by atoms with Crippen molar-refractivity contribution < 1.29 is 38.1 Å². The fraction of sp³-hybridized carbons (Fsp3) is 0.895. The van der Waals surface area contributed by atoms with Crippen LogP contribution in [0.1, 0.15) is 273 Å². The molecule has 1 rings (SSSR count). The van der Waals surface area contributed by atoms with E-state index in [4.69, 9.17) is 18.9 Å². The average Bonchev–Trinajstić information content (AvgIpc) is 3.70. The van der Waals surface area contributed by atoms with Crippen molar-refractivity contribution >= 4 is 23.9 Å². The third kappa shape index (κ3) is 32.4. The number of likely N-dealkylation sites (tertiary alicyclic amines) is 1. The van der Waals surface area contributed by atoms with Crippen LogP contribution in [0.2, 0.25) is 0 Å². The summed E-state index contributed by atoms with van der Waals surface area (Å²) in [4.78, 5) is 53.3. The topological polar surface area (TPSA) is 108 Å². The molecule has 0 unspecified atom stereocenters. The van der Waals surface area contributed by atoms with Crippen LogP contribution in [0.15, 0.2) is 12.7 Å². The van der Waals surface area contributed by atoms with Gasteiger partial charge in [0.1, 0.15) is 18.2 Å². The molecule has 0 radical (unpaired) electrons. The van der Waals surface area contributed by atoms with Crippen molar-refractivity contribution in [2.45, 2.75) is 291 Å². The van der Waals surface area contributed by atoms with E-state index in [1.54, 1.807) is 0 Å². The summed E-state index contributed by atoms with van der Waals surface area (Å²) in [7, 11) is 0. The Morgan fingerprint density at radius 2 is 1.08 bits per heavy atom. The normalized spacial score (nSPS) is 15.4. The number of hydrogen-bond donors (Lipinski definition) is 0. The van der Waals surface area contributed by atoms with Crippen molar-refractivity contribution in [3.05, 3.63) is 12.7 Å². The number of ether oxygens (including phenoxy) is 4. The van der Waals surface area contributed by atoms with Gasteiger partial charge in [0.25, 0.3) is 0 Å². The van der Waals surface area contributed by atoms with Crippen molar-refractivity contribution in [2.75, 3.05) is 26.3 Å². The van der Waals surface area contributed by atoms with Crippen LogP contribution in [-0.4, -0.2) is 73.3 Å². The first-order valence-corrected chi connectivity index (χ1v) is 28.1. The second-order valence-corrected chi connectivity index (χ2v) is 20.6. The first-order chi connectivity index (χ1) is 32.0. The molecule has 1 aliphatic heterocycles. The van der Waals surface area contributed by atoms with Crippen LogP contribution < -0.4 is 0 Å². The number of esters is 4. The number of carbonyl (C=O) groups is 4. The molecule has 1 fully saturated rings. The standard InChI is InChI=1S/C57H105NO8/c1-8-13-17-19-22-30-40-50(41-31-23-20-18-14-9-2)65-54(60)42-32-24-21-27-35-45-63-55(61)52-47-51(66-53(59)12-5)48-58(52)44-34-26-25-33-43-57(6,7)56(62)64-46-36-39-49(37-28-15-10-3)38-29-16-11-4/h12,49-52H,5,8-11,13-48H2,1-4,6-7H3/t51-,52-/m0/s1. The van der Waals surface area contributed by atoms with E-state index in [1.165, 1.54) is 122 Å².